The van der Waals surface area contributed by atoms with Crippen LogP contribution in [-0.2, 0) is 4.79 Å². The van der Waals surface area contributed by atoms with Crippen LogP contribution in [0.25, 0.3) is 0 Å². The molecule has 1 amide bonds. The van der Waals surface area contributed by atoms with E-state index in [9.17, 15) is 26.7 Å². The second-order valence-electron chi connectivity index (χ2n) is 3.57. The third-order valence-corrected chi connectivity index (χ3v) is 2.05. The van der Waals surface area contributed by atoms with Gasteiger partial charge in [0.15, 0.2) is 5.54 Å². The zero-order valence-electron chi connectivity index (χ0n) is 8.97. The Hall–Kier alpha value is -0.960. The topological polar surface area (TPSA) is 66.6 Å². The maximum Gasteiger partial charge on any atom is 0.415 e. The van der Waals surface area contributed by atoms with Crippen LogP contribution < -0.4 is 5.73 Å². The van der Waals surface area contributed by atoms with Gasteiger partial charge in [-0.1, -0.05) is 0 Å². The summed E-state index contributed by atoms with van der Waals surface area (Å²) in [5, 5.41) is 8.51. The molecule has 0 radical (unpaired) electrons. The van der Waals surface area contributed by atoms with Crippen molar-refractivity contribution in [1.82, 2.24) is 4.90 Å². The molecule has 0 saturated carbocycles. The van der Waals surface area contributed by atoms with Gasteiger partial charge in [-0.25, -0.2) is 8.78 Å². The average Bonchev–Trinajstić information content (AvgIpc) is 2.13. The molecule has 0 aromatic heterocycles. The first-order valence-electron chi connectivity index (χ1n) is 4.58. The van der Waals surface area contributed by atoms with Gasteiger partial charge in [0.2, 0.25) is 0 Å². The van der Waals surface area contributed by atoms with Crippen LogP contribution in [0.15, 0.2) is 0 Å². The van der Waals surface area contributed by atoms with Crippen molar-refractivity contribution in [3.05, 3.63) is 0 Å². The van der Waals surface area contributed by atoms with Crippen LogP contribution in [0.1, 0.15) is 6.92 Å². The normalized spacial score (nSPS) is 15.8. The number of halogens is 5. The number of nitrogens with zero attached hydrogens (tertiary/aromatic N) is 1. The number of carbonyl (C=O) groups is 1. The summed E-state index contributed by atoms with van der Waals surface area (Å²) in [6.45, 7) is -2.17. The molecule has 0 aromatic carbocycles. The molecule has 0 rings (SSSR count). The molecular formula is C8H13F5N2O2. The molecule has 9 heteroatoms. The quantitative estimate of drug-likeness (QED) is 0.704. The van der Waals surface area contributed by atoms with Crippen molar-refractivity contribution in [3.63, 3.8) is 0 Å². The highest BCUT2D eigenvalue weighted by Crippen LogP contribution is 2.29. The molecule has 0 spiro atoms. The van der Waals surface area contributed by atoms with E-state index < -0.39 is 43.7 Å². The molecular weight excluding hydrogens is 251 g/mol. The fraction of sp³-hybridized carbons (Fsp3) is 0.875. The minimum Gasteiger partial charge on any atom is -0.395 e. The number of rotatable bonds is 5. The third-order valence-electron chi connectivity index (χ3n) is 2.05. The summed E-state index contributed by atoms with van der Waals surface area (Å²) in [5.74, 6) is -1.70. The van der Waals surface area contributed by atoms with Crippen molar-refractivity contribution in [2.75, 3.05) is 19.7 Å². The Morgan fingerprint density at radius 3 is 2.18 bits per heavy atom. The molecule has 0 fully saturated rings. The van der Waals surface area contributed by atoms with Crippen LogP contribution in [0.2, 0.25) is 0 Å². The molecule has 0 bridgehead atoms. The summed E-state index contributed by atoms with van der Waals surface area (Å²) in [7, 11) is 0. The van der Waals surface area contributed by atoms with Gasteiger partial charge in [-0.3, -0.25) is 4.79 Å². The lowest BCUT2D eigenvalue weighted by molar-refractivity contribution is -0.194. The molecule has 0 saturated heterocycles. The summed E-state index contributed by atoms with van der Waals surface area (Å²) in [4.78, 5) is 11.6. The number of amides is 1. The number of alkyl halides is 5. The number of aliphatic hydroxyl groups is 1. The van der Waals surface area contributed by atoms with E-state index in [0.29, 0.717) is 6.92 Å². The predicted octanol–water partition coefficient (Wildman–Crippen LogP) is 0.352. The lowest BCUT2D eigenvalue weighted by Gasteiger charge is -2.32. The molecule has 0 heterocycles. The largest absolute Gasteiger partial charge is 0.415 e. The Kier molecular flexibility index (Phi) is 5.27. The molecule has 3 N–H and O–H groups in total. The Balaban J connectivity index is 4.95. The van der Waals surface area contributed by atoms with E-state index in [1.165, 1.54) is 0 Å². The minimum absolute atomic E-state index is 0.193. The first-order valence-corrected chi connectivity index (χ1v) is 4.58. The third kappa shape index (κ3) is 4.08. The summed E-state index contributed by atoms with van der Waals surface area (Å²) >= 11 is 0. The molecule has 1 unspecified atom stereocenters. The second kappa shape index (κ2) is 5.58. The molecule has 4 nitrogen and oxygen atoms in total. The minimum atomic E-state index is -5.06. The molecule has 17 heavy (non-hydrogen) atoms. The smallest absolute Gasteiger partial charge is 0.395 e. The van der Waals surface area contributed by atoms with Crippen LogP contribution in [0.3, 0.4) is 0 Å². The van der Waals surface area contributed by atoms with Crippen LogP contribution in [-0.4, -0.2) is 53.8 Å². The highest BCUT2D eigenvalue weighted by atomic mass is 19.4. The highest BCUT2D eigenvalue weighted by Gasteiger charge is 2.55. The number of carbonyl (C=O) groups excluding carboxylic acids is 1. The van der Waals surface area contributed by atoms with E-state index >= 15 is 0 Å². The van der Waals surface area contributed by atoms with Crippen molar-refractivity contribution >= 4 is 5.91 Å². The van der Waals surface area contributed by atoms with E-state index in [0.717, 1.165) is 0 Å². The second-order valence-corrected chi connectivity index (χ2v) is 3.57. The monoisotopic (exact) mass is 264 g/mol. The van der Waals surface area contributed by atoms with Gasteiger partial charge in [-0.05, 0) is 6.92 Å². The first-order chi connectivity index (χ1) is 7.54. The maximum absolute atomic E-state index is 12.4. The summed E-state index contributed by atoms with van der Waals surface area (Å²) < 4.78 is 61.3. The Bertz CT molecular complexity index is 267. The molecule has 0 aliphatic rings. The fourth-order valence-corrected chi connectivity index (χ4v) is 1.01. The van der Waals surface area contributed by atoms with E-state index in [2.05, 4.69) is 0 Å². The van der Waals surface area contributed by atoms with Crippen molar-refractivity contribution in [3.8, 4) is 0 Å². The summed E-state index contributed by atoms with van der Waals surface area (Å²) in [6, 6.07) is 0. The predicted molar refractivity (Wildman–Crippen MR) is 48.3 cm³/mol. The van der Waals surface area contributed by atoms with Crippen LogP contribution in [0.4, 0.5) is 22.0 Å². The van der Waals surface area contributed by atoms with Crippen molar-refractivity contribution < 1.29 is 31.9 Å². The molecule has 102 valence electrons. The van der Waals surface area contributed by atoms with E-state index in [-0.39, 0.29) is 4.90 Å². The molecule has 0 aromatic rings. The average molecular weight is 264 g/mol. The number of hydrogen-bond acceptors (Lipinski definition) is 3. The maximum atomic E-state index is 12.4. The zero-order chi connectivity index (χ0) is 13.9. The fourth-order valence-electron chi connectivity index (χ4n) is 1.01. The van der Waals surface area contributed by atoms with Gasteiger partial charge < -0.3 is 15.7 Å². The number of nitrogens with two attached hydrogens (primary N) is 1. The van der Waals surface area contributed by atoms with E-state index in [1.54, 1.807) is 0 Å². The van der Waals surface area contributed by atoms with Gasteiger partial charge in [0.05, 0.1) is 13.2 Å². The van der Waals surface area contributed by atoms with Crippen molar-refractivity contribution in [1.29, 1.82) is 0 Å². The summed E-state index contributed by atoms with van der Waals surface area (Å²) in [5.41, 5.74) is 1.55. The van der Waals surface area contributed by atoms with E-state index in [1.807, 2.05) is 0 Å². The van der Waals surface area contributed by atoms with Crippen LogP contribution in [0.5, 0.6) is 0 Å². The van der Waals surface area contributed by atoms with Crippen molar-refractivity contribution in [2.24, 2.45) is 5.73 Å². The van der Waals surface area contributed by atoms with Gasteiger partial charge in [0.25, 0.3) is 12.3 Å². The van der Waals surface area contributed by atoms with Gasteiger partial charge in [-0.2, -0.15) is 13.2 Å². The van der Waals surface area contributed by atoms with Crippen LogP contribution >= 0.6 is 0 Å². The Morgan fingerprint density at radius 2 is 1.88 bits per heavy atom. The highest BCUT2D eigenvalue weighted by molar-refractivity contribution is 5.86. The van der Waals surface area contributed by atoms with Gasteiger partial charge in [0.1, 0.15) is 0 Å². The molecule has 0 aliphatic carbocycles. The first kappa shape index (κ1) is 16.0. The number of hydrogen-bond donors (Lipinski definition) is 2. The Morgan fingerprint density at radius 1 is 1.41 bits per heavy atom. The van der Waals surface area contributed by atoms with Gasteiger partial charge in [0, 0.05) is 6.54 Å². The standard InChI is InChI=1S/C8H13F5N2O2/c1-7(14,8(11,12)13)6(17)15(2-3-16)4-5(9)10/h5,16H,2-4,14H2,1H3. The van der Waals surface area contributed by atoms with Crippen LogP contribution in [0, 0.1) is 0 Å². The lowest BCUT2D eigenvalue weighted by atomic mass is 10.0. The SMILES string of the molecule is CC(N)(C(=O)N(CCO)CC(F)F)C(F)(F)F. The van der Waals surface area contributed by atoms with Crippen molar-refractivity contribution in [2.45, 2.75) is 25.1 Å². The number of aliphatic hydroxyl groups excluding tert-OH is 1. The van der Waals surface area contributed by atoms with Gasteiger partial charge >= 0.3 is 6.18 Å². The lowest BCUT2D eigenvalue weighted by Crippen LogP contribution is -2.63. The molecule has 0 aliphatic heterocycles. The van der Waals surface area contributed by atoms with E-state index in [4.69, 9.17) is 10.8 Å². The molecule has 1 atom stereocenters. The summed E-state index contributed by atoms with van der Waals surface area (Å²) in [6.07, 6.45) is -8.06. The zero-order valence-corrected chi connectivity index (χ0v) is 8.97. The Labute approximate surface area is 94.2 Å². The van der Waals surface area contributed by atoms with Gasteiger partial charge in [-0.15, -0.1) is 0 Å².